The lowest BCUT2D eigenvalue weighted by atomic mass is 9.92. The molecule has 172 valence electrons. The van der Waals surface area contributed by atoms with Gasteiger partial charge in [0.2, 0.25) is 0 Å². The van der Waals surface area contributed by atoms with Gasteiger partial charge in [0.05, 0.1) is 22.8 Å². The molecule has 4 heteroatoms. The summed E-state index contributed by atoms with van der Waals surface area (Å²) in [5.41, 5.74) is 12.2. The predicted octanol–water partition coefficient (Wildman–Crippen LogP) is 8.04. The average Bonchev–Trinajstić information content (AvgIpc) is 3.59. The maximum Gasteiger partial charge on any atom is 0.0686 e. The quantitative estimate of drug-likeness (QED) is 0.376. The molecule has 0 saturated carbocycles. The number of aromatic nitrogens is 2. The van der Waals surface area contributed by atoms with E-state index in [0.29, 0.717) is 0 Å². The molecule has 2 aromatic rings. The van der Waals surface area contributed by atoms with E-state index >= 15 is 0 Å². The lowest BCUT2D eigenvalue weighted by Gasteiger charge is -2.11. The van der Waals surface area contributed by atoms with E-state index < -0.39 is 0 Å². The van der Waals surface area contributed by atoms with Gasteiger partial charge >= 0.3 is 0 Å². The Kier molecular flexibility index (Phi) is 7.43. The first-order valence-corrected chi connectivity index (χ1v) is 12.4. The van der Waals surface area contributed by atoms with Crippen LogP contribution in [0, 0.1) is 0 Å². The topological polar surface area (TPSA) is 56.3 Å². The Bertz CT molecular complexity index is 1050. The lowest BCUT2D eigenvalue weighted by Crippen LogP contribution is -2.11. The third-order valence-corrected chi connectivity index (χ3v) is 6.61. The van der Waals surface area contributed by atoms with Crippen LogP contribution in [0.2, 0.25) is 0 Å². The minimum Gasteiger partial charge on any atom is -0.362 e. The monoisotopic (exact) mass is 440 g/mol. The smallest absolute Gasteiger partial charge is 0.0686 e. The molecule has 0 atom stereocenters. The van der Waals surface area contributed by atoms with Crippen molar-refractivity contribution in [3.05, 3.63) is 81.7 Å². The number of H-pyrrole nitrogens is 2. The third kappa shape index (κ3) is 5.27. The summed E-state index contributed by atoms with van der Waals surface area (Å²) in [6.07, 6.45) is 16.0. The number of hydrogen-bond acceptors (Lipinski definition) is 2. The van der Waals surface area contributed by atoms with Crippen LogP contribution in [0.4, 0.5) is 0 Å². The van der Waals surface area contributed by atoms with E-state index in [1.807, 2.05) is 24.5 Å². The highest BCUT2D eigenvalue weighted by Crippen LogP contribution is 2.35. The molecule has 0 spiro atoms. The number of aliphatic imine (C=N–C) groups is 2. The van der Waals surface area contributed by atoms with Gasteiger partial charge in [-0.15, -0.1) is 0 Å². The Labute approximate surface area is 198 Å². The molecule has 0 saturated heterocycles. The van der Waals surface area contributed by atoms with Gasteiger partial charge in [-0.05, 0) is 98.2 Å². The molecule has 2 aliphatic rings. The molecule has 4 nitrogen and oxygen atoms in total. The minimum atomic E-state index is 0.802. The molecule has 2 N–H and O–H groups in total. The maximum absolute atomic E-state index is 5.14. The van der Waals surface area contributed by atoms with E-state index in [9.17, 15) is 0 Å². The van der Waals surface area contributed by atoms with Crippen molar-refractivity contribution in [2.75, 3.05) is 0 Å². The third-order valence-electron chi connectivity index (χ3n) is 6.61. The standard InChI is InChI=1S/C29H36N4/c1-5-7-13-24-20(3)26(17-22-11-9-15-30-22)32-28(24)19-29-25(14-8-6-2)21(4)27(33-29)18-23-12-10-16-31-23/h9-12,15-18,30-31H,5-8,13-14,19H2,1-4H3/b26-17-,27-18-. The Morgan fingerprint density at radius 2 is 1.18 bits per heavy atom. The number of aromatic amines is 2. The van der Waals surface area contributed by atoms with Crippen molar-refractivity contribution in [3.63, 3.8) is 0 Å². The van der Waals surface area contributed by atoms with Crippen molar-refractivity contribution in [2.45, 2.75) is 72.6 Å². The number of allylic oxidation sites excluding steroid dienone is 4. The lowest BCUT2D eigenvalue weighted by molar-refractivity contribution is 0.797. The molecule has 0 unspecified atom stereocenters. The summed E-state index contributed by atoms with van der Waals surface area (Å²) in [6.45, 7) is 8.96. The Morgan fingerprint density at radius 3 is 1.55 bits per heavy atom. The zero-order chi connectivity index (χ0) is 23.2. The number of nitrogens with one attached hydrogen (secondary N) is 2. The fourth-order valence-corrected chi connectivity index (χ4v) is 4.60. The highest BCUT2D eigenvalue weighted by atomic mass is 14.8. The molecule has 33 heavy (non-hydrogen) atoms. The number of rotatable bonds is 10. The summed E-state index contributed by atoms with van der Waals surface area (Å²) in [7, 11) is 0. The molecule has 0 amide bonds. The molecular weight excluding hydrogens is 404 g/mol. The molecule has 0 fully saturated rings. The highest BCUT2D eigenvalue weighted by Gasteiger charge is 2.26. The summed E-state index contributed by atoms with van der Waals surface area (Å²) in [5, 5.41) is 0. The van der Waals surface area contributed by atoms with Gasteiger partial charge in [0.25, 0.3) is 0 Å². The van der Waals surface area contributed by atoms with Crippen LogP contribution in [0.1, 0.15) is 84.0 Å². The van der Waals surface area contributed by atoms with E-state index in [-0.39, 0.29) is 0 Å². The van der Waals surface area contributed by atoms with E-state index in [0.717, 1.165) is 42.0 Å². The van der Waals surface area contributed by atoms with E-state index in [4.69, 9.17) is 9.98 Å². The molecule has 0 aliphatic carbocycles. The Hall–Kier alpha value is -3.14. The molecule has 0 aromatic carbocycles. The molecule has 0 radical (unpaired) electrons. The molecule has 0 bridgehead atoms. The summed E-state index contributed by atoms with van der Waals surface area (Å²) < 4.78 is 0. The highest BCUT2D eigenvalue weighted by molar-refractivity contribution is 6.21. The van der Waals surface area contributed by atoms with Crippen molar-refractivity contribution in [3.8, 4) is 0 Å². The number of hydrogen-bond donors (Lipinski definition) is 2. The van der Waals surface area contributed by atoms with Crippen molar-refractivity contribution < 1.29 is 0 Å². The van der Waals surface area contributed by atoms with E-state index in [1.165, 1.54) is 59.4 Å². The van der Waals surface area contributed by atoms with E-state index in [1.54, 1.807) is 0 Å². The fraction of sp³-hybridized carbons (Fsp3) is 0.379. The van der Waals surface area contributed by atoms with Crippen LogP contribution >= 0.6 is 0 Å². The van der Waals surface area contributed by atoms with Gasteiger partial charge in [-0.3, -0.25) is 9.98 Å². The molecule has 4 rings (SSSR count). The number of nitrogens with zero attached hydrogens (tertiary/aromatic N) is 2. The van der Waals surface area contributed by atoms with Crippen LogP contribution in [0.15, 0.2) is 80.3 Å². The van der Waals surface area contributed by atoms with Gasteiger partial charge in [0, 0.05) is 30.2 Å². The van der Waals surface area contributed by atoms with Crippen molar-refractivity contribution >= 4 is 23.6 Å². The Balaban J connectivity index is 1.68. The fourth-order valence-electron chi connectivity index (χ4n) is 4.60. The summed E-state index contributed by atoms with van der Waals surface area (Å²) in [5.74, 6) is 0. The first kappa shape index (κ1) is 23.0. The second-order valence-corrected chi connectivity index (χ2v) is 9.02. The normalized spacial score (nSPS) is 18.8. The SMILES string of the molecule is CCCCC1=C(C)/C(=C/c2ccc[nH]2)N=C1CC1=N/C(=C\c2ccc[nH]2)C(C)=C1CCCC. The first-order chi connectivity index (χ1) is 16.1. The molecule has 2 aliphatic heterocycles. The van der Waals surface area contributed by atoms with Crippen LogP contribution in [0.25, 0.3) is 12.2 Å². The second kappa shape index (κ2) is 10.7. The number of unbranched alkanes of at least 4 members (excludes halogenated alkanes) is 2. The van der Waals surface area contributed by atoms with Crippen molar-refractivity contribution in [1.82, 2.24) is 9.97 Å². The van der Waals surface area contributed by atoms with Crippen LogP contribution in [-0.2, 0) is 0 Å². The van der Waals surface area contributed by atoms with Crippen LogP contribution < -0.4 is 0 Å². The zero-order valence-corrected chi connectivity index (χ0v) is 20.5. The minimum absolute atomic E-state index is 0.802. The Morgan fingerprint density at radius 1 is 0.727 bits per heavy atom. The molecular formula is C29H36N4. The summed E-state index contributed by atoms with van der Waals surface area (Å²) in [4.78, 5) is 16.8. The van der Waals surface area contributed by atoms with Gasteiger partial charge < -0.3 is 9.97 Å². The second-order valence-electron chi connectivity index (χ2n) is 9.02. The van der Waals surface area contributed by atoms with Gasteiger partial charge in [-0.1, -0.05) is 26.7 Å². The van der Waals surface area contributed by atoms with Gasteiger partial charge in [0.1, 0.15) is 0 Å². The van der Waals surface area contributed by atoms with Gasteiger partial charge in [-0.25, -0.2) is 0 Å². The van der Waals surface area contributed by atoms with Crippen LogP contribution in [-0.4, -0.2) is 21.4 Å². The molecule has 2 aromatic heterocycles. The largest absolute Gasteiger partial charge is 0.362 e. The van der Waals surface area contributed by atoms with Crippen molar-refractivity contribution in [1.29, 1.82) is 0 Å². The molecule has 4 heterocycles. The average molecular weight is 441 g/mol. The predicted molar refractivity (Wildman–Crippen MR) is 141 cm³/mol. The van der Waals surface area contributed by atoms with Crippen LogP contribution in [0.3, 0.4) is 0 Å². The van der Waals surface area contributed by atoms with E-state index in [2.05, 4.69) is 61.9 Å². The first-order valence-electron chi connectivity index (χ1n) is 12.4. The van der Waals surface area contributed by atoms with Gasteiger partial charge in [-0.2, -0.15) is 0 Å². The summed E-state index contributed by atoms with van der Waals surface area (Å²) >= 11 is 0. The summed E-state index contributed by atoms with van der Waals surface area (Å²) in [6, 6.07) is 8.24. The van der Waals surface area contributed by atoms with Crippen LogP contribution in [0.5, 0.6) is 0 Å². The van der Waals surface area contributed by atoms with Gasteiger partial charge in [0.15, 0.2) is 0 Å². The maximum atomic E-state index is 5.14. The van der Waals surface area contributed by atoms with Crippen molar-refractivity contribution in [2.24, 2.45) is 9.98 Å². The zero-order valence-electron chi connectivity index (χ0n) is 20.5.